The Morgan fingerprint density at radius 1 is 1.00 bits per heavy atom. The first-order valence-corrected chi connectivity index (χ1v) is 6.75. The van der Waals surface area contributed by atoms with E-state index in [4.69, 9.17) is 4.52 Å². The molecule has 0 N–H and O–H groups in total. The van der Waals surface area contributed by atoms with Crippen molar-refractivity contribution in [3.8, 4) is 0 Å². The highest BCUT2D eigenvalue weighted by molar-refractivity contribution is 7.39. The van der Waals surface area contributed by atoms with E-state index < -0.39 is 8.03 Å². The van der Waals surface area contributed by atoms with Crippen molar-refractivity contribution in [2.45, 2.75) is 52.4 Å². The van der Waals surface area contributed by atoms with Crippen molar-refractivity contribution < 1.29 is 9.09 Å². The van der Waals surface area contributed by atoms with Gasteiger partial charge in [-0.1, -0.05) is 33.1 Å². The predicted molar refractivity (Wildman–Crippen MR) is 67.4 cm³/mol. The summed E-state index contributed by atoms with van der Waals surface area (Å²) in [5, 5.41) is 0. The molecule has 0 aliphatic rings. The zero-order valence-corrected chi connectivity index (χ0v) is 9.81. The fourth-order valence-electron chi connectivity index (χ4n) is 1.04. The van der Waals surface area contributed by atoms with Gasteiger partial charge in [0.05, 0.1) is 0 Å². The molecule has 2 nitrogen and oxygen atoms in total. The standard InChI is InChI=1S/C10H22O2P.Al.3H/c1-3-5-7-8-10-13(11)12-9-6-4-2;;;;/h3-10H2,1-2H3;;;;/q+1;;;;. The molecular weight excluding hydrogens is 210 g/mol. The largest absolute Gasteiger partial charge is 0.508 e. The van der Waals surface area contributed by atoms with E-state index in [-0.39, 0.29) is 17.4 Å². The van der Waals surface area contributed by atoms with Crippen LogP contribution in [-0.2, 0) is 9.09 Å². The summed E-state index contributed by atoms with van der Waals surface area (Å²) in [6, 6.07) is 0. The van der Waals surface area contributed by atoms with Crippen molar-refractivity contribution in [2.75, 3.05) is 12.8 Å². The summed E-state index contributed by atoms with van der Waals surface area (Å²) in [6.07, 6.45) is 7.60. The Morgan fingerprint density at radius 3 is 2.21 bits per heavy atom. The molecule has 0 aliphatic heterocycles. The molecule has 14 heavy (non-hydrogen) atoms. The van der Waals surface area contributed by atoms with Gasteiger partial charge in [-0.25, -0.2) is 0 Å². The monoisotopic (exact) mass is 235 g/mol. The van der Waals surface area contributed by atoms with Crippen molar-refractivity contribution >= 4 is 25.4 Å². The van der Waals surface area contributed by atoms with Gasteiger partial charge in [0, 0.05) is 0 Å². The molecule has 0 aromatic rings. The number of unbranched alkanes of at least 4 members (excludes halogenated alkanes) is 4. The van der Waals surface area contributed by atoms with Gasteiger partial charge in [0.15, 0.2) is 23.5 Å². The zero-order chi connectivity index (χ0) is 9.94. The number of rotatable bonds is 9. The maximum Gasteiger partial charge on any atom is 0.508 e. The summed E-state index contributed by atoms with van der Waals surface area (Å²) in [6.45, 7) is 4.95. The topological polar surface area (TPSA) is 26.3 Å². The van der Waals surface area contributed by atoms with Gasteiger partial charge in [-0.3, -0.25) is 0 Å². The fourth-order valence-corrected chi connectivity index (χ4v) is 1.99. The normalized spacial score (nSPS) is 10.9. The molecule has 4 heteroatoms. The maximum atomic E-state index is 11.2. The highest BCUT2D eigenvalue weighted by Gasteiger charge is 2.15. The second-order valence-electron chi connectivity index (χ2n) is 3.30. The second-order valence-corrected chi connectivity index (χ2v) is 4.67. The van der Waals surface area contributed by atoms with Gasteiger partial charge in [0.1, 0.15) is 6.61 Å². The molecule has 0 bridgehead atoms. The molecule has 1 unspecified atom stereocenters. The Balaban J connectivity index is 0. The summed E-state index contributed by atoms with van der Waals surface area (Å²) in [5.74, 6) is 0. The summed E-state index contributed by atoms with van der Waals surface area (Å²) < 4.78 is 16.4. The van der Waals surface area contributed by atoms with Crippen LogP contribution in [0.1, 0.15) is 52.4 Å². The van der Waals surface area contributed by atoms with Crippen LogP contribution in [0.15, 0.2) is 0 Å². The van der Waals surface area contributed by atoms with Crippen molar-refractivity contribution in [1.82, 2.24) is 0 Å². The van der Waals surface area contributed by atoms with E-state index in [0.29, 0.717) is 6.61 Å². The number of hydrogen-bond donors (Lipinski definition) is 0. The molecule has 84 valence electrons. The maximum absolute atomic E-state index is 11.2. The second kappa shape index (κ2) is 13.6. The van der Waals surface area contributed by atoms with Crippen LogP contribution in [-0.4, -0.2) is 30.1 Å². The van der Waals surface area contributed by atoms with Gasteiger partial charge in [-0.2, -0.15) is 0 Å². The van der Waals surface area contributed by atoms with Crippen molar-refractivity contribution in [1.29, 1.82) is 0 Å². The third-order valence-electron chi connectivity index (χ3n) is 1.93. The molecule has 1 atom stereocenters. The highest BCUT2D eigenvalue weighted by atomic mass is 31.1. The lowest BCUT2D eigenvalue weighted by molar-refractivity contribution is 0.320. The van der Waals surface area contributed by atoms with Crippen LogP contribution in [0.25, 0.3) is 0 Å². The molecule has 0 fully saturated rings. The van der Waals surface area contributed by atoms with E-state index in [1.807, 2.05) is 0 Å². The van der Waals surface area contributed by atoms with E-state index in [1.54, 1.807) is 0 Å². The molecule has 0 saturated carbocycles. The minimum Gasteiger partial charge on any atom is -0.146 e. The Hall–Kier alpha value is 0.592. The quantitative estimate of drug-likeness (QED) is 0.349. The molecule has 0 spiro atoms. The van der Waals surface area contributed by atoms with E-state index in [9.17, 15) is 4.57 Å². The zero-order valence-electron chi connectivity index (χ0n) is 8.92. The van der Waals surface area contributed by atoms with Crippen LogP contribution < -0.4 is 0 Å². The Morgan fingerprint density at radius 2 is 1.64 bits per heavy atom. The highest BCUT2D eigenvalue weighted by Crippen LogP contribution is 2.24. The third kappa shape index (κ3) is 12.6. The van der Waals surface area contributed by atoms with Crippen LogP contribution >= 0.6 is 8.03 Å². The van der Waals surface area contributed by atoms with Gasteiger partial charge in [0.2, 0.25) is 0 Å². The van der Waals surface area contributed by atoms with Gasteiger partial charge in [-0.15, -0.1) is 4.52 Å². The summed E-state index contributed by atoms with van der Waals surface area (Å²) in [7, 11) is -1.36. The molecule has 0 aromatic carbocycles. The van der Waals surface area contributed by atoms with Gasteiger partial charge < -0.3 is 0 Å². The Bertz CT molecular complexity index is 131. The van der Waals surface area contributed by atoms with E-state index >= 15 is 0 Å². The summed E-state index contributed by atoms with van der Waals surface area (Å²) in [4.78, 5) is 0. The molecule has 0 saturated heterocycles. The molecule has 0 heterocycles. The van der Waals surface area contributed by atoms with Crippen molar-refractivity contribution in [3.05, 3.63) is 0 Å². The lowest BCUT2D eigenvalue weighted by Crippen LogP contribution is -1.88. The first-order valence-electron chi connectivity index (χ1n) is 5.38. The van der Waals surface area contributed by atoms with Crippen molar-refractivity contribution in [3.63, 3.8) is 0 Å². The van der Waals surface area contributed by atoms with E-state index in [0.717, 1.165) is 25.4 Å². The summed E-state index contributed by atoms with van der Waals surface area (Å²) in [5.41, 5.74) is 0. The van der Waals surface area contributed by atoms with Gasteiger partial charge in [-0.05, 0) is 23.8 Å². The van der Waals surface area contributed by atoms with E-state index in [2.05, 4.69) is 13.8 Å². The molecular formula is C10H25AlO2P+. The van der Waals surface area contributed by atoms with Crippen LogP contribution in [0.2, 0.25) is 0 Å². The van der Waals surface area contributed by atoms with Gasteiger partial charge in [0.25, 0.3) is 0 Å². The lowest BCUT2D eigenvalue weighted by Gasteiger charge is -1.92. The van der Waals surface area contributed by atoms with Crippen LogP contribution in [0.3, 0.4) is 0 Å². The SMILES string of the molecule is CCCCCC[P+](=O)OCCCC.[AlH3]. The minimum absolute atomic E-state index is 0. The molecule has 0 radical (unpaired) electrons. The molecule has 0 rings (SSSR count). The molecule has 0 aromatic heterocycles. The van der Waals surface area contributed by atoms with E-state index in [1.165, 1.54) is 19.3 Å². The average Bonchev–Trinajstić information content (AvgIpc) is 2.13. The van der Waals surface area contributed by atoms with Gasteiger partial charge >= 0.3 is 8.03 Å². The number of hydrogen-bond acceptors (Lipinski definition) is 2. The smallest absolute Gasteiger partial charge is 0.146 e. The molecule has 0 aliphatic carbocycles. The van der Waals surface area contributed by atoms with Crippen LogP contribution in [0.5, 0.6) is 0 Å². The van der Waals surface area contributed by atoms with Crippen LogP contribution in [0, 0.1) is 0 Å². The average molecular weight is 235 g/mol. The van der Waals surface area contributed by atoms with Crippen molar-refractivity contribution in [2.24, 2.45) is 0 Å². The third-order valence-corrected chi connectivity index (χ3v) is 3.08. The minimum atomic E-state index is -1.36. The first-order chi connectivity index (χ1) is 6.31. The predicted octanol–water partition coefficient (Wildman–Crippen LogP) is 2.94. The molecule has 0 amide bonds. The Kier molecular flexibility index (Phi) is 16.5. The van der Waals surface area contributed by atoms with Crippen LogP contribution in [0.4, 0.5) is 0 Å². The fraction of sp³-hybridized carbons (Fsp3) is 1.00. The first kappa shape index (κ1) is 17.0. The summed E-state index contributed by atoms with van der Waals surface area (Å²) >= 11 is 0. The lowest BCUT2D eigenvalue weighted by atomic mass is 10.2. The Labute approximate surface area is 99.8 Å².